The maximum absolute atomic E-state index is 12.8. The molecule has 1 aliphatic carbocycles. The molecule has 5 atom stereocenters. The number of amides is 1. The van der Waals surface area contributed by atoms with Crippen molar-refractivity contribution in [2.75, 3.05) is 13.2 Å². The molecule has 2 aliphatic heterocycles. The lowest BCUT2D eigenvalue weighted by molar-refractivity contribution is -0.225. The molecule has 0 spiro atoms. The number of hydrogen-bond acceptors (Lipinski definition) is 4. The van der Waals surface area contributed by atoms with Crippen LogP contribution in [0.5, 0.6) is 0 Å². The van der Waals surface area contributed by atoms with E-state index in [9.17, 15) is 4.79 Å². The fourth-order valence-electron chi connectivity index (χ4n) is 4.25. The van der Waals surface area contributed by atoms with E-state index in [1.807, 2.05) is 20.8 Å². The summed E-state index contributed by atoms with van der Waals surface area (Å²) in [4.78, 5) is 12.8. The molecule has 0 aromatic carbocycles. The van der Waals surface area contributed by atoms with E-state index in [2.05, 4.69) is 5.32 Å². The van der Waals surface area contributed by atoms with Gasteiger partial charge in [-0.05, 0) is 26.2 Å². The third-order valence-corrected chi connectivity index (χ3v) is 5.75. The Hall–Kier alpha value is -0.360. The summed E-state index contributed by atoms with van der Waals surface area (Å²) >= 11 is 0. The predicted molar refractivity (Wildman–Crippen MR) is 82.4 cm³/mol. The molecular formula is C15H27ClN2O3. The van der Waals surface area contributed by atoms with Gasteiger partial charge in [0.05, 0.1) is 18.2 Å². The zero-order chi connectivity index (χ0) is 14.5. The van der Waals surface area contributed by atoms with Gasteiger partial charge in [0.25, 0.3) is 0 Å². The number of carbonyl (C=O) groups excluding carboxylic acids is 1. The average Bonchev–Trinajstić information content (AvgIpc) is 2.83. The molecule has 3 N–H and O–H groups in total. The van der Waals surface area contributed by atoms with Crippen LogP contribution in [0.15, 0.2) is 0 Å². The molecule has 1 saturated carbocycles. The quantitative estimate of drug-likeness (QED) is 0.803. The van der Waals surface area contributed by atoms with Crippen molar-refractivity contribution in [3.63, 3.8) is 0 Å². The van der Waals surface area contributed by atoms with Crippen LogP contribution in [-0.4, -0.2) is 42.9 Å². The van der Waals surface area contributed by atoms with Crippen molar-refractivity contribution in [1.29, 1.82) is 0 Å². The van der Waals surface area contributed by atoms with Crippen LogP contribution in [-0.2, 0) is 14.3 Å². The van der Waals surface area contributed by atoms with Gasteiger partial charge in [-0.3, -0.25) is 4.79 Å². The molecule has 0 aromatic heterocycles. The molecule has 21 heavy (non-hydrogen) atoms. The number of ether oxygens (including phenoxy) is 2. The van der Waals surface area contributed by atoms with E-state index in [-0.39, 0.29) is 47.9 Å². The molecule has 1 amide bonds. The summed E-state index contributed by atoms with van der Waals surface area (Å²) in [6.45, 7) is 7.60. The van der Waals surface area contributed by atoms with Crippen LogP contribution >= 0.6 is 12.4 Å². The van der Waals surface area contributed by atoms with Crippen molar-refractivity contribution in [2.45, 2.75) is 63.8 Å². The Labute approximate surface area is 132 Å². The van der Waals surface area contributed by atoms with E-state index < -0.39 is 5.54 Å². The van der Waals surface area contributed by atoms with Gasteiger partial charge in [0.15, 0.2) is 0 Å². The first-order valence-electron chi connectivity index (χ1n) is 7.72. The summed E-state index contributed by atoms with van der Waals surface area (Å²) in [5.74, 6) is 0.112. The van der Waals surface area contributed by atoms with Gasteiger partial charge in [-0.25, -0.2) is 0 Å². The van der Waals surface area contributed by atoms with Crippen LogP contribution in [0.1, 0.15) is 40.0 Å². The molecule has 3 fully saturated rings. The lowest BCUT2D eigenvalue weighted by atomic mass is 9.46. The molecule has 3 aliphatic rings. The van der Waals surface area contributed by atoms with Crippen molar-refractivity contribution in [3.8, 4) is 0 Å². The smallest absolute Gasteiger partial charge is 0.241 e. The van der Waals surface area contributed by atoms with Crippen LogP contribution in [0.2, 0.25) is 0 Å². The minimum Gasteiger partial charge on any atom is -0.377 e. The average molecular weight is 319 g/mol. The summed E-state index contributed by atoms with van der Waals surface area (Å²) in [6.07, 6.45) is 3.03. The monoisotopic (exact) mass is 318 g/mol. The van der Waals surface area contributed by atoms with Gasteiger partial charge in [0.2, 0.25) is 5.91 Å². The highest BCUT2D eigenvalue weighted by atomic mass is 35.5. The van der Waals surface area contributed by atoms with Crippen LogP contribution in [0, 0.1) is 11.3 Å². The van der Waals surface area contributed by atoms with Crippen LogP contribution in [0.25, 0.3) is 0 Å². The Morgan fingerprint density at radius 3 is 2.57 bits per heavy atom. The first-order valence-corrected chi connectivity index (χ1v) is 7.72. The lowest BCUT2D eigenvalue weighted by Crippen LogP contribution is -2.82. The zero-order valence-corrected chi connectivity index (χ0v) is 13.9. The van der Waals surface area contributed by atoms with Crippen LogP contribution in [0.4, 0.5) is 0 Å². The van der Waals surface area contributed by atoms with E-state index >= 15 is 0 Å². The van der Waals surface area contributed by atoms with Crippen molar-refractivity contribution >= 4 is 18.3 Å². The normalized spacial score (nSPS) is 44.2. The number of fused-ring (bicyclic) bond motifs is 1. The Morgan fingerprint density at radius 1 is 1.24 bits per heavy atom. The summed E-state index contributed by atoms with van der Waals surface area (Å²) in [7, 11) is 0. The fourth-order valence-corrected chi connectivity index (χ4v) is 4.25. The highest BCUT2D eigenvalue weighted by molar-refractivity contribution is 5.89. The van der Waals surface area contributed by atoms with Crippen LogP contribution in [0.3, 0.4) is 0 Å². The van der Waals surface area contributed by atoms with Crippen molar-refractivity contribution in [3.05, 3.63) is 0 Å². The molecule has 122 valence electrons. The minimum atomic E-state index is -0.819. The largest absolute Gasteiger partial charge is 0.377 e. The van der Waals surface area contributed by atoms with E-state index in [0.717, 1.165) is 25.9 Å². The molecule has 5 unspecified atom stereocenters. The molecule has 2 heterocycles. The zero-order valence-electron chi connectivity index (χ0n) is 13.1. The van der Waals surface area contributed by atoms with E-state index in [1.165, 1.54) is 0 Å². The van der Waals surface area contributed by atoms with E-state index in [1.54, 1.807) is 0 Å². The van der Waals surface area contributed by atoms with Crippen LogP contribution < -0.4 is 11.1 Å². The summed E-state index contributed by atoms with van der Waals surface area (Å²) in [6, 6.07) is 0.0854. The molecule has 0 bridgehead atoms. The minimum absolute atomic E-state index is 0. The SMILES string of the molecule is CC1OCCC1NC(=O)C1(N)C2CCCOC2C1(C)C.Cl. The predicted octanol–water partition coefficient (Wildman–Crippen LogP) is 1.23. The number of rotatable bonds is 2. The summed E-state index contributed by atoms with van der Waals surface area (Å²) in [5.41, 5.74) is 5.44. The van der Waals surface area contributed by atoms with Gasteiger partial charge >= 0.3 is 0 Å². The Kier molecular flexibility index (Phi) is 4.60. The highest BCUT2D eigenvalue weighted by Crippen LogP contribution is 2.57. The summed E-state index contributed by atoms with van der Waals surface area (Å²) in [5, 5.41) is 3.12. The maximum Gasteiger partial charge on any atom is 0.241 e. The van der Waals surface area contributed by atoms with Gasteiger partial charge in [0.1, 0.15) is 5.54 Å². The maximum atomic E-state index is 12.8. The van der Waals surface area contributed by atoms with Gasteiger partial charge in [-0.2, -0.15) is 0 Å². The van der Waals surface area contributed by atoms with Gasteiger partial charge in [-0.1, -0.05) is 13.8 Å². The second kappa shape index (κ2) is 5.69. The number of carbonyl (C=O) groups is 1. The first kappa shape index (κ1) is 17.0. The standard InChI is InChI=1S/C15H26N2O3.ClH/c1-9-11(6-8-19-9)17-13(18)15(16)10-5-4-7-20-12(10)14(15,2)3;/h9-12H,4-8,16H2,1-3H3,(H,17,18);1H. The Balaban J connectivity index is 0.00000161. The Bertz CT molecular complexity index is 418. The van der Waals surface area contributed by atoms with Gasteiger partial charge in [-0.15, -0.1) is 12.4 Å². The highest BCUT2D eigenvalue weighted by Gasteiger charge is 2.70. The summed E-state index contributed by atoms with van der Waals surface area (Å²) < 4.78 is 11.4. The number of halogens is 1. The fraction of sp³-hybridized carbons (Fsp3) is 0.933. The number of nitrogens with two attached hydrogens (primary N) is 1. The molecule has 5 nitrogen and oxygen atoms in total. The molecule has 3 rings (SSSR count). The van der Waals surface area contributed by atoms with Crippen molar-refractivity contribution < 1.29 is 14.3 Å². The van der Waals surface area contributed by atoms with Crippen molar-refractivity contribution in [2.24, 2.45) is 17.1 Å². The Morgan fingerprint density at radius 2 is 1.95 bits per heavy atom. The number of hydrogen-bond donors (Lipinski definition) is 2. The molecular weight excluding hydrogens is 292 g/mol. The second-order valence-corrected chi connectivity index (χ2v) is 7.08. The number of nitrogens with one attached hydrogen (secondary N) is 1. The van der Waals surface area contributed by atoms with Crippen molar-refractivity contribution in [1.82, 2.24) is 5.32 Å². The van der Waals surface area contributed by atoms with Gasteiger partial charge < -0.3 is 20.5 Å². The van der Waals surface area contributed by atoms with Gasteiger partial charge in [0, 0.05) is 24.5 Å². The third-order valence-electron chi connectivity index (χ3n) is 5.75. The van der Waals surface area contributed by atoms with E-state index in [0.29, 0.717) is 6.61 Å². The molecule has 0 aromatic rings. The molecule has 2 saturated heterocycles. The third kappa shape index (κ3) is 2.29. The lowest BCUT2D eigenvalue weighted by Gasteiger charge is -2.65. The first-order chi connectivity index (χ1) is 9.39. The molecule has 0 radical (unpaired) electrons. The van der Waals surface area contributed by atoms with E-state index in [4.69, 9.17) is 15.2 Å². The topological polar surface area (TPSA) is 73.6 Å². The second-order valence-electron chi connectivity index (χ2n) is 7.08. The molecule has 6 heteroatoms.